The Labute approximate surface area is 201 Å². The molecule has 0 aliphatic carbocycles. The number of rotatable bonds is 20. The number of unbranched alkanes of at least 4 members (excludes halogenated alkanes) is 16. The molecule has 0 amide bonds. The average Bonchev–Trinajstić information content (AvgIpc) is 2.75. The van der Waals surface area contributed by atoms with Gasteiger partial charge in [0, 0.05) is 12.8 Å². The molecule has 0 aliphatic heterocycles. The van der Waals surface area contributed by atoms with Gasteiger partial charge in [0.2, 0.25) is 0 Å². The molecule has 0 radical (unpaired) electrons. The van der Waals surface area contributed by atoms with E-state index in [1.807, 2.05) is 0 Å². The first-order valence-corrected chi connectivity index (χ1v) is 14.0. The minimum absolute atomic E-state index is 0.145. The first-order valence-electron chi connectivity index (χ1n) is 14.0. The summed E-state index contributed by atoms with van der Waals surface area (Å²) in [6.07, 6.45) is 24.8. The molecule has 0 spiro atoms. The van der Waals surface area contributed by atoms with Crippen molar-refractivity contribution in [3.8, 4) is 0 Å². The first kappa shape index (κ1) is 28.9. The maximum atomic E-state index is 12.3. The zero-order chi connectivity index (χ0) is 23.5. The topological polar surface area (TPSA) is 17.1 Å². The summed E-state index contributed by atoms with van der Waals surface area (Å²) in [7, 11) is 0. The zero-order valence-electron chi connectivity index (χ0n) is 22.2. The second kappa shape index (κ2) is 18.3. The van der Waals surface area contributed by atoms with Crippen LogP contribution in [0.2, 0.25) is 0 Å². The van der Waals surface area contributed by atoms with Crippen LogP contribution in [-0.4, -0.2) is 5.78 Å². The van der Waals surface area contributed by atoms with Gasteiger partial charge in [-0.25, -0.2) is 0 Å². The summed E-state index contributed by atoms with van der Waals surface area (Å²) in [6, 6.07) is 8.58. The molecule has 184 valence electrons. The average molecular weight is 443 g/mol. The molecule has 0 atom stereocenters. The standard InChI is InChI=1S/C31H54O/c1-5-6-7-8-9-10-11-12-13-14-15-16-17-18-19-20-21-25-30(32)27-28-23-22-24-29(26-28)31(2,3)4/h22-24,26H,5-21,25,27H2,1-4H3. The van der Waals surface area contributed by atoms with Crippen molar-refractivity contribution in [2.75, 3.05) is 0 Å². The summed E-state index contributed by atoms with van der Waals surface area (Å²) in [6.45, 7) is 8.97. The number of benzene rings is 1. The second-order valence-corrected chi connectivity index (χ2v) is 11.1. The molecule has 0 saturated carbocycles. The highest BCUT2D eigenvalue weighted by molar-refractivity contribution is 5.80. The number of carbonyl (C=O) groups excluding carboxylic acids is 1. The van der Waals surface area contributed by atoms with Gasteiger partial charge in [0.1, 0.15) is 5.78 Å². The highest BCUT2D eigenvalue weighted by Gasteiger charge is 2.14. The van der Waals surface area contributed by atoms with Crippen LogP contribution in [0.5, 0.6) is 0 Å². The van der Waals surface area contributed by atoms with Gasteiger partial charge in [-0.15, -0.1) is 0 Å². The van der Waals surface area contributed by atoms with E-state index < -0.39 is 0 Å². The SMILES string of the molecule is CCCCCCCCCCCCCCCCCCCC(=O)Cc1cccc(C(C)(C)C)c1. The Morgan fingerprint density at radius 3 is 1.53 bits per heavy atom. The van der Waals surface area contributed by atoms with Crippen molar-refractivity contribution in [3.05, 3.63) is 35.4 Å². The van der Waals surface area contributed by atoms with Crippen LogP contribution >= 0.6 is 0 Å². The fraction of sp³-hybridized carbons (Fsp3) is 0.774. The van der Waals surface area contributed by atoms with Gasteiger partial charge in [0.15, 0.2) is 0 Å². The molecule has 32 heavy (non-hydrogen) atoms. The van der Waals surface area contributed by atoms with Crippen LogP contribution < -0.4 is 0 Å². The summed E-state index contributed by atoms with van der Waals surface area (Å²) in [4.78, 5) is 12.3. The fourth-order valence-corrected chi connectivity index (χ4v) is 4.51. The molecule has 1 aromatic rings. The van der Waals surface area contributed by atoms with E-state index in [4.69, 9.17) is 0 Å². The van der Waals surface area contributed by atoms with Gasteiger partial charge in [-0.2, -0.15) is 0 Å². The Morgan fingerprint density at radius 1 is 0.656 bits per heavy atom. The molecule has 0 unspecified atom stereocenters. The van der Waals surface area contributed by atoms with E-state index in [0.717, 1.165) is 12.8 Å². The van der Waals surface area contributed by atoms with Gasteiger partial charge in [-0.05, 0) is 23.0 Å². The molecule has 0 N–H and O–H groups in total. The normalized spacial score (nSPS) is 11.8. The van der Waals surface area contributed by atoms with Gasteiger partial charge in [0.05, 0.1) is 0 Å². The quantitative estimate of drug-likeness (QED) is 0.183. The van der Waals surface area contributed by atoms with E-state index in [9.17, 15) is 4.79 Å². The third kappa shape index (κ3) is 15.7. The van der Waals surface area contributed by atoms with Crippen LogP contribution in [0, 0.1) is 0 Å². The number of ketones is 1. The molecule has 0 saturated heterocycles. The van der Waals surface area contributed by atoms with E-state index in [0.29, 0.717) is 12.2 Å². The zero-order valence-corrected chi connectivity index (χ0v) is 22.2. The lowest BCUT2D eigenvalue weighted by Crippen LogP contribution is -2.12. The van der Waals surface area contributed by atoms with Gasteiger partial charge >= 0.3 is 0 Å². The molecule has 0 bridgehead atoms. The Kier molecular flexibility index (Phi) is 16.6. The smallest absolute Gasteiger partial charge is 0.137 e. The van der Waals surface area contributed by atoms with E-state index in [2.05, 4.69) is 52.0 Å². The lowest BCUT2D eigenvalue weighted by atomic mass is 9.85. The number of hydrogen-bond acceptors (Lipinski definition) is 1. The van der Waals surface area contributed by atoms with Crippen molar-refractivity contribution in [2.45, 2.75) is 155 Å². The third-order valence-electron chi connectivity index (χ3n) is 6.75. The predicted octanol–water partition coefficient (Wildman–Crippen LogP) is 10.1. The van der Waals surface area contributed by atoms with E-state index in [1.54, 1.807) is 0 Å². The van der Waals surface area contributed by atoms with Crippen molar-refractivity contribution in [1.82, 2.24) is 0 Å². The number of Topliss-reactive ketones (excluding diaryl/α,β-unsaturated/α-hetero) is 1. The largest absolute Gasteiger partial charge is 0.299 e. The second-order valence-electron chi connectivity index (χ2n) is 11.1. The molecule has 0 aliphatic rings. The Morgan fingerprint density at radius 2 is 1.09 bits per heavy atom. The van der Waals surface area contributed by atoms with E-state index in [-0.39, 0.29) is 5.41 Å². The number of hydrogen-bond donors (Lipinski definition) is 0. The van der Waals surface area contributed by atoms with E-state index in [1.165, 1.54) is 114 Å². The van der Waals surface area contributed by atoms with Crippen LogP contribution in [0.4, 0.5) is 0 Å². The lowest BCUT2D eigenvalue weighted by molar-refractivity contribution is -0.118. The summed E-state index contributed by atoms with van der Waals surface area (Å²) in [5.41, 5.74) is 2.64. The van der Waals surface area contributed by atoms with E-state index >= 15 is 0 Å². The van der Waals surface area contributed by atoms with Crippen molar-refractivity contribution in [2.24, 2.45) is 0 Å². The van der Waals surface area contributed by atoms with Crippen molar-refractivity contribution in [1.29, 1.82) is 0 Å². The van der Waals surface area contributed by atoms with Crippen LogP contribution in [0.25, 0.3) is 0 Å². The first-order chi connectivity index (χ1) is 15.4. The summed E-state index contributed by atoms with van der Waals surface area (Å²) in [5, 5.41) is 0. The highest BCUT2D eigenvalue weighted by atomic mass is 16.1. The van der Waals surface area contributed by atoms with Crippen LogP contribution in [-0.2, 0) is 16.6 Å². The minimum atomic E-state index is 0.145. The fourth-order valence-electron chi connectivity index (χ4n) is 4.51. The van der Waals surface area contributed by atoms with Crippen LogP contribution in [0.15, 0.2) is 24.3 Å². The van der Waals surface area contributed by atoms with Gasteiger partial charge in [0.25, 0.3) is 0 Å². The molecule has 1 heteroatoms. The maximum Gasteiger partial charge on any atom is 0.137 e. The Bertz CT molecular complexity index is 580. The molecular weight excluding hydrogens is 388 g/mol. The van der Waals surface area contributed by atoms with Gasteiger partial charge in [-0.3, -0.25) is 4.79 Å². The molecule has 0 heterocycles. The monoisotopic (exact) mass is 442 g/mol. The molecular formula is C31H54O. The lowest BCUT2D eigenvalue weighted by Gasteiger charge is -2.19. The highest BCUT2D eigenvalue weighted by Crippen LogP contribution is 2.23. The molecule has 1 aromatic carbocycles. The summed E-state index contributed by atoms with van der Waals surface area (Å²) >= 11 is 0. The Hall–Kier alpha value is -1.11. The Balaban J connectivity index is 1.89. The third-order valence-corrected chi connectivity index (χ3v) is 6.75. The summed E-state index contributed by atoms with van der Waals surface area (Å²) in [5.74, 6) is 0.400. The van der Waals surface area contributed by atoms with Crippen molar-refractivity contribution < 1.29 is 4.79 Å². The van der Waals surface area contributed by atoms with Crippen molar-refractivity contribution in [3.63, 3.8) is 0 Å². The van der Waals surface area contributed by atoms with Crippen molar-refractivity contribution >= 4 is 5.78 Å². The molecule has 1 rings (SSSR count). The summed E-state index contributed by atoms with van der Waals surface area (Å²) < 4.78 is 0. The molecule has 0 fully saturated rings. The maximum absolute atomic E-state index is 12.3. The number of carbonyl (C=O) groups is 1. The van der Waals surface area contributed by atoms with Crippen LogP contribution in [0.1, 0.15) is 154 Å². The van der Waals surface area contributed by atoms with Gasteiger partial charge in [-0.1, -0.05) is 155 Å². The molecule has 1 nitrogen and oxygen atoms in total. The van der Waals surface area contributed by atoms with Crippen LogP contribution in [0.3, 0.4) is 0 Å². The molecule has 0 aromatic heterocycles. The van der Waals surface area contributed by atoms with Gasteiger partial charge < -0.3 is 0 Å². The minimum Gasteiger partial charge on any atom is -0.299 e. The predicted molar refractivity (Wildman–Crippen MR) is 143 cm³/mol.